The fraction of sp³-hybridized carbons (Fsp3) is 0.235. The van der Waals surface area contributed by atoms with Gasteiger partial charge < -0.3 is 5.32 Å². The minimum atomic E-state index is -0.0896. The predicted octanol–water partition coefficient (Wildman–Crippen LogP) is 5.21. The zero-order chi connectivity index (χ0) is 14.5. The molecule has 0 fully saturated rings. The van der Waals surface area contributed by atoms with Crippen LogP contribution in [0.15, 0.2) is 53.0 Å². The maximum Gasteiger partial charge on any atom is 0.256 e. The minimum absolute atomic E-state index is 0.0896. The monoisotopic (exact) mass is 331 g/mol. The Morgan fingerprint density at radius 3 is 2.50 bits per heavy atom. The number of nitrogens with one attached hydrogen (secondary N) is 1. The molecule has 2 aromatic rings. The predicted molar refractivity (Wildman–Crippen MR) is 87.2 cm³/mol. The zero-order valence-electron chi connectivity index (χ0n) is 11.7. The molecule has 1 N–H and O–H groups in total. The lowest BCUT2D eigenvalue weighted by atomic mass is 9.97. The van der Waals surface area contributed by atoms with E-state index in [0.717, 1.165) is 16.6 Å². The number of rotatable bonds is 4. The van der Waals surface area contributed by atoms with Crippen molar-refractivity contribution in [1.82, 2.24) is 0 Å². The Labute approximate surface area is 128 Å². The van der Waals surface area contributed by atoms with E-state index in [0.29, 0.717) is 11.5 Å². The quantitative estimate of drug-likeness (QED) is 0.818. The van der Waals surface area contributed by atoms with E-state index in [2.05, 4.69) is 41.2 Å². The van der Waals surface area contributed by atoms with Crippen molar-refractivity contribution in [2.45, 2.75) is 26.2 Å². The number of amides is 1. The number of benzene rings is 2. The number of carbonyl (C=O) groups is 1. The van der Waals surface area contributed by atoms with Crippen LogP contribution >= 0.6 is 15.9 Å². The van der Waals surface area contributed by atoms with Gasteiger partial charge in [-0.3, -0.25) is 4.79 Å². The first-order valence-corrected chi connectivity index (χ1v) is 7.57. The molecule has 104 valence electrons. The highest BCUT2D eigenvalue weighted by Crippen LogP contribution is 2.27. The van der Waals surface area contributed by atoms with Crippen LogP contribution in [0.2, 0.25) is 0 Å². The van der Waals surface area contributed by atoms with Gasteiger partial charge in [0.05, 0.1) is 5.56 Å². The molecule has 0 aliphatic heterocycles. The van der Waals surface area contributed by atoms with Gasteiger partial charge in [-0.2, -0.15) is 0 Å². The molecule has 0 spiro atoms. The molecule has 1 unspecified atom stereocenters. The van der Waals surface area contributed by atoms with Crippen molar-refractivity contribution < 1.29 is 4.79 Å². The van der Waals surface area contributed by atoms with Crippen molar-refractivity contribution in [3.63, 3.8) is 0 Å². The van der Waals surface area contributed by atoms with E-state index in [9.17, 15) is 4.79 Å². The van der Waals surface area contributed by atoms with E-state index >= 15 is 0 Å². The second-order valence-corrected chi connectivity index (χ2v) is 5.68. The first-order valence-electron chi connectivity index (χ1n) is 6.78. The highest BCUT2D eigenvalue weighted by molar-refractivity contribution is 9.10. The van der Waals surface area contributed by atoms with Crippen LogP contribution in [-0.2, 0) is 0 Å². The number of carbonyl (C=O) groups excluding carboxylic acids is 1. The lowest BCUT2D eigenvalue weighted by Gasteiger charge is -2.16. The lowest BCUT2D eigenvalue weighted by molar-refractivity contribution is 0.102. The third-order valence-electron chi connectivity index (χ3n) is 3.47. The fourth-order valence-corrected chi connectivity index (χ4v) is 2.56. The Morgan fingerprint density at radius 2 is 1.80 bits per heavy atom. The number of anilines is 1. The van der Waals surface area contributed by atoms with E-state index in [1.807, 2.05) is 42.5 Å². The van der Waals surface area contributed by atoms with Gasteiger partial charge in [0.25, 0.3) is 5.91 Å². The van der Waals surface area contributed by atoms with Gasteiger partial charge >= 0.3 is 0 Å². The summed E-state index contributed by atoms with van der Waals surface area (Å²) in [5, 5.41) is 3.01. The Hall–Kier alpha value is -1.61. The molecule has 0 aromatic heterocycles. The molecule has 0 aliphatic rings. The van der Waals surface area contributed by atoms with Crippen molar-refractivity contribution in [2.24, 2.45) is 0 Å². The topological polar surface area (TPSA) is 29.1 Å². The molecule has 0 heterocycles. The normalized spacial score (nSPS) is 11.9. The van der Waals surface area contributed by atoms with Gasteiger partial charge in [-0.05, 0) is 52.0 Å². The molecule has 0 saturated heterocycles. The number of para-hydroxylation sites is 1. The van der Waals surface area contributed by atoms with Gasteiger partial charge in [0, 0.05) is 10.2 Å². The van der Waals surface area contributed by atoms with Gasteiger partial charge in [0.15, 0.2) is 0 Å². The van der Waals surface area contributed by atoms with Gasteiger partial charge in [-0.25, -0.2) is 0 Å². The second-order valence-electron chi connectivity index (χ2n) is 4.83. The molecule has 20 heavy (non-hydrogen) atoms. The molecular weight excluding hydrogens is 314 g/mol. The molecule has 2 rings (SSSR count). The van der Waals surface area contributed by atoms with Crippen LogP contribution in [0, 0.1) is 0 Å². The molecule has 2 aromatic carbocycles. The summed E-state index contributed by atoms with van der Waals surface area (Å²) in [5.41, 5.74) is 2.71. The second kappa shape index (κ2) is 6.71. The van der Waals surface area contributed by atoms with E-state index in [-0.39, 0.29) is 5.91 Å². The summed E-state index contributed by atoms with van der Waals surface area (Å²) >= 11 is 3.41. The van der Waals surface area contributed by atoms with Crippen LogP contribution in [-0.4, -0.2) is 5.91 Å². The molecule has 1 amide bonds. The Bertz CT molecular complexity index is 609. The summed E-state index contributed by atoms with van der Waals surface area (Å²) in [7, 11) is 0. The molecule has 0 saturated carbocycles. The maximum atomic E-state index is 12.4. The van der Waals surface area contributed by atoms with Crippen molar-refractivity contribution in [3.8, 4) is 0 Å². The number of hydrogen-bond acceptors (Lipinski definition) is 1. The average Bonchev–Trinajstić information content (AvgIpc) is 2.47. The van der Waals surface area contributed by atoms with Crippen LogP contribution < -0.4 is 5.32 Å². The third-order valence-corrected chi connectivity index (χ3v) is 4.16. The van der Waals surface area contributed by atoms with Gasteiger partial charge in [0.1, 0.15) is 0 Å². The maximum absolute atomic E-state index is 12.4. The van der Waals surface area contributed by atoms with Crippen LogP contribution in [0.25, 0.3) is 0 Å². The third kappa shape index (κ3) is 3.28. The summed E-state index contributed by atoms with van der Waals surface area (Å²) in [5.74, 6) is 0.332. The van der Waals surface area contributed by atoms with E-state index < -0.39 is 0 Å². The van der Waals surface area contributed by atoms with Crippen LogP contribution in [0.4, 0.5) is 5.69 Å². The molecule has 3 heteroatoms. The van der Waals surface area contributed by atoms with Gasteiger partial charge in [0.2, 0.25) is 0 Å². The molecular formula is C17H18BrNO. The first-order chi connectivity index (χ1) is 9.63. The summed E-state index contributed by atoms with van der Waals surface area (Å²) in [6, 6.07) is 15.4. The van der Waals surface area contributed by atoms with Crippen molar-refractivity contribution in [2.75, 3.05) is 5.32 Å². The fourth-order valence-electron chi connectivity index (χ4n) is 2.10. The Kier molecular flexibility index (Phi) is 4.96. The smallest absolute Gasteiger partial charge is 0.256 e. The first kappa shape index (κ1) is 14.8. The van der Waals surface area contributed by atoms with Crippen molar-refractivity contribution >= 4 is 27.5 Å². The standard InChI is InChI=1S/C17H18BrNO/c1-3-12(2)13-8-5-7-11-16(13)19-17(20)14-9-4-6-10-15(14)18/h4-12H,3H2,1-2H3,(H,19,20). The molecule has 0 aliphatic carbocycles. The summed E-state index contributed by atoms with van der Waals surface area (Å²) in [6.07, 6.45) is 1.04. The van der Waals surface area contributed by atoms with Gasteiger partial charge in [-0.1, -0.05) is 44.2 Å². The summed E-state index contributed by atoms with van der Waals surface area (Å²) in [4.78, 5) is 12.4. The highest BCUT2D eigenvalue weighted by Gasteiger charge is 2.13. The van der Waals surface area contributed by atoms with E-state index in [4.69, 9.17) is 0 Å². The SMILES string of the molecule is CCC(C)c1ccccc1NC(=O)c1ccccc1Br. The van der Waals surface area contributed by atoms with Crippen molar-refractivity contribution in [1.29, 1.82) is 0 Å². The largest absolute Gasteiger partial charge is 0.322 e. The van der Waals surface area contributed by atoms with Crippen LogP contribution in [0.3, 0.4) is 0 Å². The van der Waals surface area contributed by atoms with Crippen molar-refractivity contribution in [3.05, 3.63) is 64.1 Å². The van der Waals surface area contributed by atoms with E-state index in [1.54, 1.807) is 0 Å². The van der Waals surface area contributed by atoms with E-state index in [1.165, 1.54) is 5.56 Å². The average molecular weight is 332 g/mol. The molecule has 1 atom stereocenters. The minimum Gasteiger partial charge on any atom is -0.322 e. The lowest BCUT2D eigenvalue weighted by Crippen LogP contribution is -2.14. The van der Waals surface area contributed by atoms with Crippen LogP contribution in [0.5, 0.6) is 0 Å². The molecule has 0 radical (unpaired) electrons. The summed E-state index contributed by atoms with van der Waals surface area (Å²) in [6.45, 7) is 4.32. The zero-order valence-corrected chi connectivity index (χ0v) is 13.3. The molecule has 0 bridgehead atoms. The molecule has 2 nitrogen and oxygen atoms in total. The Morgan fingerprint density at radius 1 is 1.15 bits per heavy atom. The number of halogens is 1. The Balaban J connectivity index is 2.27. The van der Waals surface area contributed by atoms with Gasteiger partial charge in [-0.15, -0.1) is 0 Å². The number of hydrogen-bond donors (Lipinski definition) is 1. The van der Waals surface area contributed by atoms with Crippen LogP contribution in [0.1, 0.15) is 42.1 Å². The summed E-state index contributed by atoms with van der Waals surface area (Å²) < 4.78 is 0.804. The highest BCUT2D eigenvalue weighted by atomic mass is 79.9.